The third kappa shape index (κ3) is 4.30. The van der Waals surface area contributed by atoms with Gasteiger partial charge in [0.05, 0.1) is 17.2 Å². The average molecular weight is 367 g/mol. The minimum atomic E-state index is -1.19. The lowest BCUT2D eigenvalue weighted by molar-refractivity contribution is -0.141. The van der Waals surface area contributed by atoms with Gasteiger partial charge in [-0.2, -0.15) is 0 Å². The van der Waals surface area contributed by atoms with E-state index in [0.717, 1.165) is 4.57 Å². The predicted molar refractivity (Wildman–Crippen MR) is 97.4 cm³/mol. The summed E-state index contributed by atoms with van der Waals surface area (Å²) >= 11 is 0. The molecule has 0 aliphatic carbocycles. The Kier molecular flexibility index (Phi) is 5.16. The second-order valence-electron chi connectivity index (χ2n) is 6.02. The van der Waals surface area contributed by atoms with Crippen molar-refractivity contribution in [2.45, 2.75) is 19.0 Å². The summed E-state index contributed by atoms with van der Waals surface area (Å²) in [6.45, 7) is -0.337. The number of amides is 1. The van der Waals surface area contributed by atoms with E-state index < -0.39 is 17.9 Å². The van der Waals surface area contributed by atoms with Gasteiger partial charge in [-0.3, -0.25) is 14.2 Å². The Morgan fingerprint density at radius 3 is 2.52 bits per heavy atom. The highest BCUT2D eigenvalue weighted by molar-refractivity contribution is 5.84. The Morgan fingerprint density at radius 2 is 1.81 bits per heavy atom. The van der Waals surface area contributed by atoms with Gasteiger partial charge in [0.15, 0.2) is 0 Å². The van der Waals surface area contributed by atoms with E-state index in [-0.39, 0.29) is 24.3 Å². The maximum absolute atomic E-state index is 12.4. The van der Waals surface area contributed by atoms with Crippen LogP contribution in [-0.2, 0) is 22.6 Å². The van der Waals surface area contributed by atoms with Gasteiger partial charge in [-0.25, -0.2) is 9.78 Å². The molecular formula is C19H17N3O5. The fourth-order valence-corrected chi connectivity index (χ4v) is 2.68. The zero-order valence-electron chi connectivity index (χ0n) is 14.2. The summed E-state index contributed by atoms with van der Waals surface area (Å²) < 4.78 is 1.14. The maximum Gasteiger partial charge on any atom is 0.326 e. The van der Waals surface area contributed by atoms with Crippen LogP contribution in [0.3, 0.4) is 0 Å². The number of nitrogens with one attached hydrogen (secondary N) is 1. The van der Waals surface area contributed by atoms with Crippen molar-refractivity contribution in [3.63, 3.8) is 0 Å². The van der Waals surface area contributed by atoms with Crippen LogP contribution in [0, 0.1) is 0 Å². The van der Waals surface area contributed by atoms with E-state index in [2.05, 4.69) is 10.3 Å². The number of hydrogen-bond acceptors (Lipinski definition) is 5. The molecule has 0 aliphatic rings. The van der Waals surface area contributed by atoms with Crippen LogP contribution >= 0.6 is 0 Å². The van der Waals surface area contributed by atoms with Crippen LogP contribution < -0.4 is 10.9 Å². The molecular weight excluding hydrogens is 350 g/mol. The number of aromatic hydroxyl groups is 1. The van der Waals surface area contributed by atoms with Crippen LogP contribution in [0.4, 0.5) is 0 Å². The van der Waals surface area contributed by atoms with E-state index in [9.17, 15) is 24.6 Å². The number of fused-ring (bicyclic) bond motifs is 1. The second-order valence-corrected chi connectivity index (χ2v) is 6.02. The zero-order chi connectivity index (χ0) is 19.4. The fraction of sp³-hybridized carbons (Fsp3) is 0.158. The molecule has 3 aromatic rings. The molecule has 0 saturated carbocycles. The molecule has 1 heterocycles. The lowest BCUT2D eigenvalue weighted by atomic mass is 10.1. The Morgan fingerprint density at radius 1 is 1.11 bits per heavy atom. The lowest BCUT2D eigenvalue weighted by Gasteiger charge is -2.15. The molecule has 0 aliphatic heterocycles. The van der Waals surface area contributed by atoms with Gasteiger partial charge >= 0.3 is 5.97 Å². The summed E-state index contributed by atoms with van der Waals surface area (Å²) in [5, 5.41) is 21.4. The van der Waals surface area contributed by atoms with E-state index in [1.807, 2.05) is 0 Å². The third-order valence-electron chi connectivity index (χ3n) is 4.05. The van der Waals surface area contributed by atoms with Crippen molar-refractivity contribution in [1.82, 2.24) is 14.9 Å². The number of phenols is 1. The smallest absolute Gasteiger partial charge is 0.326 e. The highest BCUT2D eigenvalue weighted by Crippen LogP contribution is 2.11. The second kappa shape index (κ2) is 7.69. The molecule has 3 N–H and O–H groups in total. The Balaban J connectivity index is 1.73. The van der Waals surface area contributed by atoms with Crippen LogP contribution in [0.5, 0.6) is 5.75 Å². The minimum Gasteiger partial charge on any atom is -0.508 e. The van der Waals surface area contributed by atoms with Crippen molar-refractivity contribution >= 4 is 22.8 Å². The normalized spacial score (nSPS) is 11.9. The number of carboxylic acid groups (broad SMARTS) is 1. The molecule has 2 aromatic carbocycles. The van der Waals surface area contributed by atoms with E-state index in [4.69, 9.17) is 0 Å². The molecule has 27 heavy (non-hydrogen) atoms. The Labute approximate surface area is 153 Å². The highest BCUT2D eigenvalue weighted by Gasteiger charge is 2.21. The number of nitrogens with zero attached hydrogens (tertiary/aromatic N) is 2. The molecule has 1 amide bonds. The number of rotatable bonds is 6. The van der Waals surface area contributed by atoms with E-state index >= 15 is 0 Å². The van der Waals surface area contributed by atoms with Crippen LogP contribution in [0.25, 0.3) is 10.9 Å². The lowest BCUT2D eigenvalue weighted by Crippen LogP contribution is -2.44. The molecule has 0 fully saturated rings. The zero-order valence-corrected chi connectivity index (χ0v) is 14.2. The summed E-state index contributed by atoms with van der Waals surface area (Å²) in [7, 11) is 0. The molecule has 1 aromatic heterocycles. The van der Waals surface area contributed by atoms with Crippen LogP contribution in [0.1, 0.15) is 5.56 Å². The average Bonchev–Trinajstić information content (AvgIpc) is 2.65. The molecule has 8 heteroatoms. The van der Waals surface area contributed by atoms with Crippen molar-refractivity contribution in [3.05, 3.63) is 70.8 Å². The first-order chi connectivity index (χ1) is 12.9. The number of carbonyl (C=O) groups excluding carboxylic acids is 1. The molecule has 0 unspecified atom stereocenters. The first kappa shape index (κ1) is 18.1. The quantitative estimate of drug-likeness (QED) is 0.595. The minimum absolute atomic E-state index is 0.0478. The summed E-state index contributed by atoms with van der Waals surface area (Å²) in [4.78, 5) is 40.3. The summed E-state index contributed by atoms with van der Waals surface area (Å²) in [5.41, 5.74) is 0.793. The largest absolute Gasteiger partial charge is 0.508 e. The predicted octanol–water partition coefficient (Wildman–Crippen LogP) is 0.914. The van der Waals surface area contributed by atoms with Gasteiger partial charge in [0.25, 0.3) is 5.56 Å². The Hall–Kier alpha value is -3.68. The van der Waals surface area contributed by atoms with Crippen LogP contribution in [0.2, 0.25) is 0 Å². The summed E-state index contributed by atoms with van der Waals surface area (Å²) in [5.74, 6) is -1.74. The molecule has 3 rings (SSSR count). The number of aliphatic carboxylic acids is 1. The number of carbonyl (C=O) groups is 2. The first-order valence-corrected chi connectivity index (χ1v) is 8.18. The van der Waals surface area contributed by atoms with E-state index in [0.29, 0.717) is 16.5 Å². The fourth-order valence-electron chi connectivity index (χ4n) is 2.68. The number of para-hydroxylation sites is 1. The van der Waals surface area contributed by atoms with Crippen LogP contribution in [0.15, 0.2) is 59.7 Å². The van der Waals surface area contributed by atoms with Gasteiger partial charge in [-0.1, -0.05) is 24.3 Å². The van der Waals surface area contributed by atoms with Crippen molar-refractivity contribution < 1.29 is 19.8 Å². The number of aromatic nitrogens is 2. The van der Waals surface area contributed by atoms with Crippen molar-refractivity contribution in [2.75, 3.05) is 0 Å². The molecule has 138 valence electrons. The van der Waals surface area contributed by atoms with Gasteiger partial charge in [0.2, 0.25) is 5.91 Å². The summed E-state index contributed by atoms with van der Waals surface area (Å²) in [6.07, 6.45) is 1.31. The molecule has 8 nitrogen and oxygen atoms in total. The molecule has 0 bridgehead atoms. The van der Waals surface area contributed by atoms with E-state index in [1.165, 1.54) is 18.5 Å². The topological polar surface area (TPSA) is 122 Å². The monoisotopic (exact) mass is 367 g/mol. The van der Waals surface area contributed by atoms with Gasteiger partial charge < -0.3 is 15.5 Å². The first-order valence-electron chi connectivity index (χ1n) is 8.18. The third-order valence-corrected chi connectivity index (χ3v) is 4.05. The van der Waals surface area contributed by atoms with E-state index in [1.54, 1.807) is 36.4 Å². The number of carboxylic acids is 1. The molecule has 0 radical (unpaired) electrons. The van der Waals surface area contributed by atoms with Gasteiger partial charge in [0, 0.05) is 6.42 Å². The van der Waals surface area contributed by atoms with Crippen molar-refractivity contribution in [3.8, 4) is 5.75 Å². The van der Waals surface area contributed by atoms with Crippen molar-refractivity contribution in [1.29, 1.82) is 0 Å². The molecule has 0 saturated heterocycles. The highest BCUT2D eigenvalue weighted by atomic mass is 16.4. The van der Waals surface area contributed by atoms with Gasteiger partial charge in [0.1, 0.15) is 18.3 Å². The number of hydrogen-bond donors (Lipinski definition) is 3. The van der Waals surface area contributed by atoms with Gasteiger partial charge in [-0.05, 0) is 29.8 Å². The SMILES string of the molecule is O=C(Cn1cnc2ccccc2c1=O)N[C@@H](Cc1ccc(O)cc1)C(=O)O. The van der Waals surface area contributed by atoms with Crippen LogP contribution in [-0.4, -0.2) is 37.7 Å². The molecule has 0 spiro atoms. The number of phenolic OH excluding ortho intramolecular Hbond substituents is 1. The van der Waals surface area contributed by atoms with Crippen molar-refractivity contribution in [2.24, 2.45) is 0 Å². The standard InChI is InChI=1S/C19H17N3O5/c23-13-7-5-12(6-8-13)9-16(19(26)27)21-17(24)10-22-11-20-15-4-2-1-3-14(15)18(22)25/h1-8,11,16,23H,9-10H2,(H,21,24)(H,26,27)/t16-/m0/s1. The maximum atomic E-state index is 12.4. The van der Waals surface area contributed by atoms with Gasteiger partial charge in [-0.15, -0.1) is 0 Å². The molecule has 1 atom stereocenters. The summed E-state index contributed by atoms with van der Waals surface area (Å²) in [6, 6.07) is 11.6. The number of benzene rings is 2. The Bertz CT molecular complexity index is 1040.